The number of aromatic nitrogens is 1. The fourth-order valence-corrected chi connectivity index (χ4v) is 3.15. The first-order valence-electron chi connectivity index (χ1n) is 7.06. The van der Waals surface area contributed by atoms with Crippen molar-refractivity contribution in [3.05, 3.63) is 53.6 Å². The van der Waals surface area contributed by atoms with E-state index in [0.29, 0.717) is 12.1 Å². The molecule has 0 bridgehead atoms. The molecule has 0 amide bonds. The van der Waals surface area contributed by atoms with Crippen molar-refractivity contribution in [3.63, 3.8) is 0 Å². The minimum absolute atomic E-state index is 0.337. The van der Waals surface area contributed by atoms with Gasteiger partial charge in [0.2, 0.25) is 0 Å². The van der Waals surface area contributed by atoms with Crippen LogP contribution in [0.4, 0.5) is 5.13 Å². The van der Waals surface area contributed by atoms with Crippen molar-refractivity contribution >= 4 is 32.7 Å². The second-order valence-electron chi connectivity index (χ2n) is 4.85. The largest absolute Gasteiger partial charge is 0.497 e. The van der Waals surface area contributed by atoms with E-state index in [1.165, 1.54) is 7.11 Å². The van der Waals surface area contributed by atoms with E-state index in [2.05, 4.69) is 10.3 Å². The van der Waals surface area contributed by atoms with Crippen LogP contribution in [0.1, 0.15) is 15.9 Å². The highest BCUT2D eigenvalue weighted by Gasteiger charge is 2.11. The monoisotopic (exact) mass is 328 g/mol. The number of anilines is 1. The Kier molecular flexibility index (Phi) is 4.43. The summed E-state index contributed by atoms with van der Waals surface area (Å²) in [4.78, 5) is 16.3. The van der Waals surface area contributed by atoms with Crippen molar-refractivity contribution in [1.29, 1.82) is 0 Å². The van der Waals surface area contributed by atoms with E-state index >= 15 is 0 Å². The van der Waals surface area contributed by atoms with Crippen LogP contribution in [0.5, 0.6) is 5.75 Å². The summed E-state index contributed by atoms with van der Waals surface area (Å²) >= 11 is 1.55. The summed E-state index contributed by atoms with van der Waals surface area (Å²) < 4.78 is 11.1. The molecule has 0 atom stereocenters. The van der Waals surface area contributed by atoms with Crippen molar-refractivity contribution in [1.82, 2.24) is 4.98 Å². The van der Waals surface area contributed by atoms with Crippen molar-refractivity contribution in [2.75, 3.05) is 19.5 Å². The molecule has 5 nitrogen and oxygen atoms in total. The minimum Gasteiger partial charge on any atom is -0.497 e. The van der Waals surface area contributed by atoms with Gasteiger partial charge in [-0.2, -0.15) is 0 Å². The molecule has 0 saturated carbocycles. The van der Waals surface area contributed by atoms with E-state index in [4.69, 9.17) is 9.47 Å². The number of hydrogen-bond acceptors (Lipinski definition) is 6. The number of nitrogens with one attached hydrogen (secondary N) is 1. The first kappa shape index (κ1) is 15.3. The molecule has 0 fully saturated rings. The van der Waals surface area contributed by atoms with Crippen molar-refractivity contribution < 1.29 is 14.3 Å². The van der Waals surface area contributed by atoms with Crippen LogP contribution in [0.15, 0.2) is 42.5 Å². The number of benzene rings is 2. The highest BCUT2D eigenvalue weighted by molar-refractivity contribution is 7.22. The van der Waals surface area contributed by atoms with Crippen molar-refractivity contribution in [2.24, 2.45) is 0 Å². The van der Waals surface area contributed by atoms with Crippen LogP contribution in [0.3, 0.4) is 0 Å². The number of fused-ring (bicyclic) bond motifs is 1. The zero-order valence-electron chi connectivity index (χ0n) is 12.8. The molecule has 1 N–H and O–H groups in total. The normalized spacial score (nSPS) is 10.5. The molecular formula is C17H16N2O3S. The Hall–Kier alpha value is -2.60. The highest BCUT2D eigenvalue weighted by atomic mass is 32.1. The van der Waals surface area contributed by atoms with Gasteiger partial charge in [-0.15, -0.1) is 0 Å². The lowest BCUT2D eigenvalue weighted by molar-refractivity contribution is 0.0599. The van der Waals surface area contributed by atoms with E-state index in [1.807, 2.05) is 36.4 Å². The van der Waals surface area contributed by atoms with Crippen LogP contribution in [0, 0.1) is 0 Å². The average molecular weight is 328 g/mol. The van der Waals surface area contributed by atoms with Gasteiger partial charge < -0.3 is 14.8 Å². The third-order valence-electron chi connectivity index (χ3n) is 3.45. The topological polar surface area (TPSA) is 60.5 Å². The van der Waals surface area contributed by atoms with Gasteiger partial charge in [-0.05, 0) is 29.8 Å². The molecule has 0 unspecified atom stereocenters. The minimum atomic E-state index is -0.337. The summed E-state index contributed by atoms with van der Waals surface area (Å²) in [6.45, 7) is 0.502. The predicted molar refractivity (Wildman–Crippen MR) is 91.3 cm³/mol. The van der Waals surface area contributed by atoms with E-state index in [-0.39, 0.29) is 5.97 Å². The number of carbonyl (C=O) groups excluding carboxylic acids is 1. The van der Waals surface area contributed by atoms with Gasteiger partial charge >= 0.3 is 5.97 Å². The predicted octanol–water partition coefficient (Wildman–Crippen LogP) is 3.70. The van der Waals surface area contributed by atoms with E-state index < -0.39 is 0 Å². The molecule has 0 aliphatic heterocycles. The van der Waals surface area contributed by atoms with Gasteiger partial charge in [0.25, 0.3) is 0 Å². The van der Waals surface area contributed by atoms with Gasteiger partial charge in [0, 0.05) is 6.54 Å². The summed E-state index contributed by atoms with van der Waals surface area (Å²) in [5.74, 6) is 0.472. The smallest absolute Gasteiger partial charge is 0.338 e. The lowest BCUT2D eigenvalue weighted by atomic mass is 10.1. The molecule has 6 heteroatoms. The average Bonchev–Trinajstić information content (AvgIpc) is 3.01. The molecule has 0 aliphatic rings. The molecule has 0 radical (unpaired) electrons. The fraction of sp³-hybridized carbons (Fsp3) is 0.176. The maximum Gasteiger partial charge on any atom is 0.338 e. The van der Waals surface area contributed by atoms with Gasteiger partial charge in [-0.3, -0.25) is 0 Å². The molecule has 118 valence electrons. The third kappa shape index (κ3) is 3.27. The Morgan fingerprint density at radius 1 is 1.22 bits per heavy atom. The van der Waals surface area contributed by atoms with Gasteiger partial charge in [0.15, 0.2) is 5.13 Å². The summed E-state index contributed by atoms with van der Waals surface area (Å²) in [5, 5.41) is 4.07. The Morgan fingerprint density at radius 3 is 2.83 bits per heavy atom. The fourth-order valence-electron chi connectivity index (χ4n) is 2.26. The summed E-state index contributed by atoms with van der Waals surface area (Å²) in [5.41, 5.74) is 2.35. The van der Waals surface area contributed by atoms with E-state index in [9.17, 15) is 4.79 Å². The Balaban J connectivity index is 1.80. The van der Waals surface area contributed by atoms with Gasteiger partial charge in [0.05, 0.1) is 30.0 Å². The van der Waals surface area contributed by atoms with Gasteiger partial charge in [-0.1, -0.05) is 29.5 Å². The number of nitrogens with zero attached hydrogens (tertiary/aromatic N) is 1. The molecule has 3 rings (SSSR count). The molecule has 0 aliphatic carbocycles. The molecule has 2 aromatic carbocycles. The first-order chi connectivity index (χ1) is 11.2. The van der Waals surface area contributed by atoms with Crippen molar-refractivity contribution in [2.45, 2.75) is 6.54 Å². The molecule has 0 saturated heterocycles. The Labute approximate surface area is 137 Å². The zero-order chi connectivity index (χ0) is 16.2. The lowest BCUT2D eigenvalue weighted by Crippen LogP contribution is -2.08. The number of methoxy groups -OCH3 is 2. The van der Waals surface area contributed by atoms with Gasteiger partial charge in [0.1, 0.15) is 5.75 Å². The third-order valence-corrected chi connectivity index (χ3v) is 4.42. The number of carbonyl (C=O) groups is 1. The number of thiazole rings is 1. The van der Waals surface area contributed by atoms with E-state index in [1.54, 1.807) is 24.5 Å². The summed E-state index contributed by atoms with van der Waals surface area (Å²) in [7, 11) is 3.03. The van der Waals surface area contributed by atoms with Crippen molar-refractivity contribution in [3.8, 4) is 5.75 Å². The maximum absolute atomic E-state index is 11.8. The van der Waals surface area contributed by atoms with Crippen LogP contribution >= 0.6 is 11.3 Å². The molecule has 1 heterocycles. The molecule has 0 spiro atoms. The van der Waals surface area contributed by atoms with Crippen LogP contribution < -0.4 is 10.1 Å². The Bertz CT molecular complexity index is 845. The molecule has 1 aromatic heterocycles. The first-order valence-corrected chi connectivity index (χ1v) is 7.87. The molecular weight excluding hydrogens is 312 g/mol. The highest BCUT2D eigenvalue weighted by Crippen LogP contribution is 2.29. The number of esters is 1. The number of ether oxygens (including phenoxy) is 2. The summed E-state index contributed by atoms with van der Waals surface area (Å²) in [6, 6.07) is 13.1. The van der Waals surface area contributed by atoms with Gasteiger partial charge in [-0.25, -0.2) is 9.78 Å². The Morgan fingerprint density at radius 2 is 2.04 bits per heavy atom. The number of hydrogen-bond donors (Lipinski definition) is 1. The molecule has 23 heavy (non-hydrogen) atoms. The quantitative estimate of drug-likeness (QED) is 0.724. The standard InChI is InChI=1S/C17H16N2O3S/c1-21-12-7-8-14-15(9-12)23-17(19-14)18-10-11-5-3-4-6-13(11)16(20)22-2/h3-9H,10H2,1-2H3,(H,18,19). The van der Waals surface area contributed by atoms with Crippen LogP contribution in [0.2, 0.25) is 0 Å². The lowest BCUT2D eigenvalue weighted by Gasteiger charge is -2.08. The second-order valence-corrected chi connectivity index (χ2v) is 5.89. The number of rotatable bonds is 5. The zero-order valence-corrected chi connectivity index (χ0v) is 13.6. The van der Waals surface area contributed by atoms with Crippen LogP contribution in [-0.2, 0) is 11.3 Å². The van der Waals surface area contributed by atoms with E-state index in [0.717, 1.165) is 26.7 Å². The molecule has 3 aromatic rings. The second kappa shape index (κ2) is 6.66. The SMILES string of the molecule is COC(=O)c1ccccc1CNc1nc2ccc(OC)cc2s1. The van der Waals surface area contributed by atoms with Crippen LogP contribution in [-0.4, -0.2) is 25.2 Å². The maximum atomic E-state index is 11.8. The van der Waals surface area contributed by atoms with Crippen LogP contribution in [0.25, 0.3) is 10.2 Å². The summed E-state index contributed by atoms with van der Waals surface area (Å²) in [6.07, 6.45) is 0.